The first-order valence-corrected chi connectivity index (χ1v) is 5.78. The van der Waals surface area contributed by atoms with Gasteiger partial charge >= 0.3 is 0 Å². The summed E-state index contributed by atoms with van der Waals surface area (Å²) in [4.78, 5) is 7.68. The summed E-state index contributed by atoms with van der Waals surface area (Å²) in [6.45, 7) is 10.3. The van der Waals surface area contributed by atoms with Crippen molar-refractivity contribution in [1.82, 2.24) is 9.97 Å². The van der Waals surface area contributed by atoms with Crippen LogP contribution in [0.3, 0.4) is 0 Å². The molecule has 1 aromatic heterocycles. The molecule has 0 amide bonds. The predicted molar refractivity (Wildman–Crippen MR) is 68.1 cm³/mol. The second-order valence-electron chi connectivity index (χ2n) is 5.16. The average Bonchev–Trinajstić information content (AvgIpc) is 2.12. The molecule has 16 heavy (non-hydrogen) atoms. The van der Waals surface area contributed by atoms with E-state index in [9.17, 15) is 0 Å². The molecule has 0 radical (unpaired) electrons. The van der Waals surface area contributed by atoms with Crippen molar-refractivity contribution in [1.29, 1.82) is 0 Å². The number of hydrogen-bond donors (Lipinski definition) is 1. The minimum atomic E-state index is -0.0755. The number of rotatable bonds is 2. The van der Waals surface area contributed by atoms with E-state index in [4.69, 9.17) is 17.0 Å². The van der Waals surface area contributed by atoms with Crippen molar-refractivity contribution in [2.24, 2.45) is 5.41 Å². The first-order chi connectivity index (χ1) is 7.27. The van der Waals surface area contributed by atoms with Gasteiger partial charge < -0.3 is 9.72 Å². The van der Waals surface area contributed by atoms with E-state index in [1.807, 2.05) is 13.8 Å². The van der Waals surface area contributed by atoms with Gasteiger partial charge in [-0.15, -0.1) is 0 Å². The third kappa shape index (κ3) is 2.68. The van der Waals surface area contributed by atoms with Crippen LogP contribution < -0.4 is 0 Å². The molecule has 0 saturated carbocycles. The summed E-state index contributed by atoms with van der Waals surface area (Å²) < 4.78 is 6.16. The maximum atomic E-state index is 5.51. The Hall–Kier alpha value is -0.740. The summed E-state index contributed by atoms with van der Waals surface area (Å²) in [6, 6.07) is 0. The Labute approximate surface area is 102 Å². The topological polar surface area (TPSA) is 37.9 Å². The number of aromatic amines is 1. The molecule has 0 bridgehead atoms. The molecule has 1 atom stereocenters. The largest absolute Gasteiger partial charge is 0.373 e. The van der Waals surface area contributed by atoms with Crippen LogP contribution in [0.4, 0.5) is 0 Å². The molecule has 3 nitrogen and oxygen atoms in total. The summed E-state index contributed by atoms with van der Waals surface area (Å²) in [5.74, 6) is 0.808. The highest BCUT2D eigenvalue weighted by molar-refractivity contribution is 7.71. The fraction of sp³-hybridized carbons (Fsp3) is 0.667. The summed E-state index contributed by atoms with van der Waals surface area (Å²) >= 11 is 5.23. The molecule has 0 fully saturated rings. The smallest absolute Gasteiger partial charge is 0.137 e. The Morgan fingerprint density at radius 2 is 1.88 bits per heavy atom. The van der Waals surface area contributed by atoms with E-state index in [0.29, 0.717) is 4.64 Å². The molecule has 1 aromatic rings. The molecule has 0 saturated heterocycles. The van der Waals surface area contributed by atoms with Gasteiger partial charge in [0, 0.05) is 18.4 Å². The zero-order valence-electron chi connectivity index (χ0n) is 10.8. The molecule has 1 N–H and O–H groups in total. The Morgan fingerprint density at radius 3 is 2.25 bits per heavy atom. The van der Waals surface area contributed by atoms with E-state index in [2.05, 4.69) is 30.7 Å². The third-order valence-corrected chi connectivity index (χ3v) is 3.09. The lowest BCUT2D eigenvalue weighted by Crippen LogP contribution is -2.23. The molecule has 0 aliphatic rings. The number of hydrogen-bond acceptors (Lipinski definition) is 3. The van der Waals surface area contributed by atoms with Crippen LogP contribution >= 0.6 is 12.2 Å². The van der Waals surface area contributed by atoms with Crippen LogP contribution in [0.5, 0.6) is 0 Å². The van der Waals surface area contributed by atoms with Crippen LogP contribution in [0, 0.1) is 23.9 Å². The Balaban J connectivity index is 3.28. The summed E-state index contributed by atoms with van der Waals surface area (Å²) in [6.07, 6.45) is -0.0755. The number of aromatic nitrogens is 2. The Morgan fingerprint density at radius 1 is 1.31 bits per heavy atom. The van der Waals surface area contributed by atoms with Crippen molar-refractivity contribution in [3.05, 3.63) is 21.7 Å². The van der Waals surface area contributed by atoms with Gasteiger partial charge in [0.05, 0.1) is 0 Å². The normalized spacial score (nSPS) is 13.9. The fourth-order valence-electron chi connectivity index (χ4n) is 1.67. The molecular formula is C12H20N2OS. The molecule has 0 aliphatic carbocycles. The molecule has 1 rings (SSSR count). The van der Waals surface area contributed by atoms with Crippen molar-refractivity contribution in [3.63, 3.8) is 0 Å². The molecule has 0 spiro atoms. The number of methoxy groups -OCH3 is 1. The predicted octanol–water partition coefficient (Wildman–Crippen LogP) is 3.49. The lowest BCUT2D eigenvalue weighted by Gasteiger charge is -2.28. The van der Waals surface area contributed by atoms with Crippen molar-refractivity contribution >= 4 is 12.2 Å². The zero-order valence-corrected chi connectivity index (χ0v) is 11.7. The maximum absolute atomic E-state index is 5.51. The molecule has 90 valence electrons. The van der Waals surface area contributed by atoms with Gasteiger partial charge in [0.25, 0.3) is 0 Å². The monoisotopic (exact) mass is 240 g/mol. The number of nitrogens with zero attached hydrogens (tertiary/aromatic N) is 1. The van der Waals surface area contributed by atoms with Crippen LogP contribution in [0.2, 0.25) is 0 Å². The van der Waals surface area contributed by atoms with Crippen molar-refractivity contribution in [2.75, 3.05) is 7.11 Å². The molecular weight excluding hydrogens is 220 g/mol. The summed E-state index contributed by atoms with van der Waals surface area (Å²) in [5, 5.41) is 0. The molecule has 0 aromatic carbocycles. The van der Waals surface area contributed by atoms with Gasteiger partial charge in [-0.2, -0.15) is 0 Å². The van der Waals surface area contributed by atoms with E-state index in [1.54, 1.807) is 7.11 Å². The Bertz CT molecular complexity index is 432. The van der Waals surface area contributed by atoms with Gasteiger partial charge in [-0.05, 0) is 19.3 Å². The highest BCUT2D eigenvalue weighted by Crippen LogP contribution is 2.33. The van der Waals surface area contributed by atoms with Gasteiger partial charge in [-0.1, -0.05) is 33.0 Å². The van der Waals surface area contributed by atoms with E-state index in [-0.39, 0.29) is 11.5 Å². The van der Waals surface area contributed by atoms with Gasteiger partial charge in [0.15, 0.2) is 0 Å². The molecule has 1 heterocycles. The van der Waals surface area contributed by atoms with E-state index >= 15 is 0 Å². The number of aryl methyl sites for hydroxylation is 1. The van der Waals surface area contributed by atoms with Crippen molar-refractivity contribution in [3.8, 4) is 0 Å². The van der Waals surface area contributed by atoms with Crippen molar-refractivity contribution < 1.29 is 4.74 Å². The molecule has 4 heteroatoms. The average molecular weight is 240 g/mol. The van der Waals surface area contributed by atoms with Crippen LogP contribution in [-0.4, -0.2) is 17.1 Å². The van der Waals surface area contributed by atoms with Crippen molar-refractivity contribution in [2.45, 2.75) is 40.7 Å². The minimum Gasteiger partial charge on any atom is -0.373 e. The SMILES string of the molecule is COC(c1nc(=S)c(C)c(C)[nH]1)C(C)(C)C. The summed E-state index contributed by atoms with van der Waals surface area (Å²) in [5.41, 5.74) is 2.07. The van der Waals surface area contributed by atoms with Crippen LogP contribution in [0.1, 0.15) is 44.0 Å². The van der Waals surface area contributed by atoms with Gasteiger partial charge in [-0.3, -0.25) is 0 Å². The maximum Gasteiger partial charge on any atom is 0.137 e. The second kappa shape index (κ2) is 4.63. The quantitative estimate of drug-likeness (QED) is 0.804. The van der Waals surface area contributed by atoms with Crippen LogP contribution in [0.15, 0.2) is 0 Å². The van der Waals surface area contributed by atoms with Gasteiger partial charge in [0.2, 0.25) is 0 Å². The zero-order chi connectivity index (χ0) is 12.5. The molecule has 1 unspecified atom stereocenters. The second-order valence-corrected chi connectivity index (χ2v) is 5.55. The van der Waals surface area contributed by atoms with Crippen LogP contribution in [0.25, 0.3) is 0 Å². The van der Waals surface area contributed by atoms with E-state index in [1.165, 1.54) is 0 Å². The number of ether oxygens (including phenoxy) is 1. The number of H-pyrrole nitrogens is 1. The minimum absolute atomic E-state index is 0.0122. The third-order valence-electron chi connectivity index (χ3n) is 2.69. The number of nitrogens with one attached hydrogen (secondary N) is 1. The fourth-order valence-corrected chi connectivity index (χ4v) is 1.92. The van der Waals surface area contributed by atoms with Gasteiger partial charge in [-0.25, -0.2) is 4.98 Å². The molecule has 0 aliphatic heterocycles. The lowest BCUT2D eigenvalue weighted by molar-refractivity contribution is 0.00844. The first kappa shape index (κ1) is 13.3. The van der Waals surface area contributed by atoms with E-state index < -0.39 is 0 Å². The first-order valence-electron chi connectivity index (χ1n) is 5.37. The lowest BCUT2D eigenvalue weighted by atomic mass is 9.88. The van der Waals surface area contributed by atoms with Crippen LogP contribution in [-0.2, 0) is 4.74 Å². The standard InChI is InChI=1S/C12H20N2OS/c1-7-8(2)13-10(14-11(7)16)9(15-6)12(3,4)5/h9H,1-6H3,(H,13,14,16). The van der Waals surface area contributed by atoms with E-state index in [0.717, 1.165) is 17.1 Å². The highest BCUT2D eigenvalue weighted by atomic mass is 32.1. The highest BCUT2D eigenvalue weighted by Gasteiger charge is 2.28. The van der Waals surface area contributed by atoms with Gasteiger partial charge in [0.1, 0.15) is 16.6 Å². The summed E-state index contributed by atoms with van der Waals surface area (Å²) in [7, 11) is 1.70. The Kier molecular flexibility index (Phi) is 3.86.